The van der Waals surface area contributed by atoms with Gasteiger partial charge in [0.2, 0.25) is 11.5 Å². The normalized spacial score (nSPS) is 17.5. The van der Waals surface area contributed by atoms with E-state index in [0.29, 0.717) is 28.8 Å². The highest BCUT2D eigenvalue weighted by Crippen LogP contribution is 2.33. The minimum atomic E-state index is -0.298. The van der Waals surface area contributed by atoms with E-state index in [2.05, 4.69) is 42.8 Å². The first-order valence-corrected chi connectivity index (χ1v) is 13.5. The fourth-order valence-corrected chi connectivity index (χ4v) is 5.99. The summed E-state index contributed by atoms with van der Waals surface area (Å²) in [6.07, 6.45) is 11.7. The van der Waals surface area contributed by atoms with Gasteiger partial charge < -0.3 is 14.5 Å². The number of carbonyl (C=O) groups is 2. The summed E-state index contributed by atoms with van der Waals surface area (Å²) in [5.41, 5.74) is 6.00. The summed E-state index contributed by atoms with van der Waals surface area (Å²) in [4.78, 5) is 39.5. The van der Waals surface area contributed by atoms with Gasteiger partial charge in [0.05, 0.1) is 22.9 Å². The summed E-state index contributed by atoms with van der Waals surface area (Å²) in [5, 5.41) is 4.21. The standard InChI is InChI=1S/C29H33N7O2/c1-19(37)35-13-10-20(11-14-35)21-7-8-27-26(15-21)32-29(36(27)24-5-3-4-6-24)33-28(38)22-9-12-30-25(16-22)23-17-31-34(2)18-23/h7-9,12,15-18,20,24H,3-6,10-11,13-14H2,1-2H3,(H,32,33,38). The van der Waals surface area contributed by atoms with Gasteiger partial charge in [-0.1, -0.05) is 18.9 Å². The molecular weight excluding hydrogens is 478 g/mol. The summed E-state index contributed by atoms with van der Waals surface area (Å²) in [5.74, 6) is 0.272. The fourth-order valence-electron chi connectivity index (χ4n) is 5.99. The maximum Gasteiger partial charge on any atom is 0.280 e. The van der Waals surface area contributed by atoms with Gasteiger partial charge in [0.15, 0.2) is 0 Å². The van der Waals surface area contributed by atoms with Crippen molar-refractivity contribution in [1.82, 2.24) is 29.2 Å². The Kier molecular flexibility index (Phi) is 6.43. The monoisotopic (exact) mass is 511 g/mol. The molecule has 1 N–H and O–H groups in total. The highest BCUT2D eigenvalue weighted by Gasteiger charge is 2.24. The molecule has 0 unspecified atom stereocenters. The number of rotatable bonds is 4. The first kappa shape index (κ1) is 24.3. The Balaban J connectivity index is 1.35. The summed E-state index contributed by atoms with van der Waals surface area (Å²) in [6, 6.07) is 10.4. The number of aryl methyl sites for hydroxylation is 1. The Morgan fingerprint density at radius 1 is 1.05 bits per heavy atom. The zero-order chi connectivity index (χ0) is 26.2. The van der Waals surface area contributed by atoms with E-state index in [0.717, 1.165) is 55.4 Å². The first-order valence-electron chi connectivity index (χ1n) is 13.5. The number of piperidine rings is 1. The smallest absolute Gasteiger partial charge is 0.280 e. The molecular formula is C29H33N7O2. The number of nitrogens with one attached hydrogen (secondary N) is 1. The number of carbonyl (C=O) groups excluding carboxylic acids is 2. The first-order chi connectivity index (χ1) is 18.5. The van der Waals surface area contributed by atoms with Crippen molar-refractivity contribution in [3.05, 3.63) is 65.7 Å². The molecule has 2 amide bonds. The van der Waals surface area contributed by atoms with E-state index in [1.807, 2.05) is 18.1 Å². The number of imidazole rings is 1. The van der Waals surface area contributed by atoms with Crippen molar-refractivity contribution in [3.63, 3.8) is 0 Å². The summed E-state index contributed by atoms with van der Waals surface area (Å²) in [6.45, 7) is 3.24. The average Bonchev–Trinajstić information content (AvgIpc) is 3.68. The molecule has 2 fully saturated rings. The van der Waals surface area contributed by atoms with Crippen molar-refractivity contribution in [2.24, 2.45) is 12.0 Å². The predicted molar refractivity (Wildman–Crippen MR) is 144 cm³/mol. The van der Waals surface area contributed by atoms with Crippen LogP contribution in [0.5, 0.6) is 0 Å². The summed E-state index contributed by atoms with van der Waals surface area (Å²) >= 11 is 0. The van der Waals surface area contributed by atoms with Crippen molar-refractivity contribution in [3.8, 4) is 11.3 Å². The maximum atomic E-state index is 13.4. The second-order valence-electron chi connectivity index (χ2n) is 10.6. The lowest BCUT2D eigenvalue weighted by Crippen LogP contribution is -2.36. The van der Waals surface area contributed by atoms with Crippen molar-refractivity contribution in [1.29, 1.82) is 0 Å². The average molecular weight is 512 g/mol. The molecule has 196 valence electrons. The van der Waals surface area contributed by atoms with E-state index in [9.17, 15) is 9.59 Å². The third-order valence-electron chi connectivity index (χ3n) is 8.07. The Labute approximate surface area is 221 Å². The van der Waals surface area contributed by atoms with Gasteiger partial charge >= 0.3 is 0 Å². The SMILES string of the molecule is CC(=O)N1CCC(c2ccc3c(c2)[nH]/c(=N\C(=O)c2ccnc(-c4cnn(C)c4)c2)n3C2CCCC2)CC1. The van der Waals surface area contributed by atoms with Crippen LogP contribution >= 0.6 is 0 Å². The Morgan fingerprint density at radius 3 is 2.55 bits per heavy atom. The van der Waals surface area contributed by atoms with E-state index >= 15 is 0 Å². The van der Waals surface area contributed by atoms with E-state index in [1.54, 1.807) is 36.1 Å². The van der Waals surface area contributed by atoms with Crippen LogP contribution in [0.25, 0.3) is 22.3 Å². The van der Waals surface area contributed by atoms with Gasteiger partial charge in [-0.05, 0) is 61.4 Å². The number of hydrogen-bond donors (Lipinski definition) is 1. The number of benzene rings is 1. The molecule has 4 heterocycles. The molecule has 3 aromatic heterocycles. The summed E-state index contributed by atoms with van der Waals surface area (Å²) < 4.78 is 3.94. The van der Waals surface area contributed by atoms with Crippen LogP contribution in [0.1, 0.15) is 73.3 Å². The predicted octanol–water partition coefficient (Wildman–Crippen LogP) is 4.35. The molecule has 1 aliphatic carbocycles. The largest absolute Gasteiger partial charge is 0.343 e. The lowest BCUT2D eigenvalue weighted by Gasteiger charge is -2.31. The number of amides is 2. The molecule has 9 nitrogen and oxygen atoms in total. The van der Waals surface area contributed by atoms with Crippen LogP contribution in [-0.2, 0) is 11.8 Å². The minimum Gasteiger partial charge on any atom is -0.343 e. The number of likely N-dealkylation sites (tertiary alicyclic amines) is 1. The van der Waals surface area contributed by atoms with Gasteiger partial charge in [-0.25, -0.2) is 0 Å². The maximum absolute atomic E-state index is 13.4. The van der Waals surface area contributed by atoms with Crippen LogP contribution in [0, 0.1) is 0 Å². The van der Waals surface area contributed by atoms with E-state index < -0.39 is 0 Å². The van der Waals surface area contributed by atoms with Gasteiger partial charge in [0.25, 0.3) is 5.91 Å². The highest BCUT2D eigenvalue weighted by molar-refractivity contribution is 5.95. The molecule has 1 aromatic carbocycles. The number of aromatic nitrogens is 5. The molecule has 6 rings (SSSR count). The lowest BCUT2D eigenvalue weighted by atomic mass is 9.89. The number of pyridine rings is 1. The molecule has 1 saturated carbocycles. The number of aromatic amines is 1. The van der Waals surface area contributed by atoms with Gasteiger partial charge in [-0.15, -0.1) is 0 Å². The third kappa shape index (κ3) is 4.68. The number of H-pyrrole nitrogens is 1. The Bertz CT molecular complexity index is 1560. The molecule has 0 atom stereocenters. The van der Waals surface area contributed by atoms with Crippen molar-refractivity contribution < 1.29 is 9.59 Å². The zero-order valence-electron chi connectivity index (χ0n) is 21.9. The van der Waals surface area contributed by atoms with Gasteiger partial charge in [0.1, 0.15) is 0 Å². The minimum absolute atomic E-state index is 0.151. The lowest BCUT2D eigenvalue weighted by molar-refractivity contribution is -0.129. The molecule has 0 bridgehead atoms. The molecule has 0 spiro atoms. The van der Waals surface area contributed by atoms with Gasteiger partial charge in [-0.2, -0.15) is 10.1 Å². The van der Waals surface area contributed by atoms with E-state index in [4.69, 9.17) is 0 Å². The second kappa shape index (κ2) is 10.0. The zero-order valence-corrected chi connectivity index (χ0v) is 21.9. The summed E-state index contributed by atoms with van der Waals surface area (Å²) in [7, 11) is 1.85. The van der Waals surface area contributed by atoms with Crippen LogP contribution in [0.3, 0.4) is 0 Å². The Morgan fingerprint density at radius 2 is 1.84 bits per heavy atom. The van der Waals surface area contributed by atoms with Crippen molar-refractivity contribution in [2.75, 3.05) is 13.1 Å². The van der Waals surface area contributed by atoms with Crippen LogP contribution in [0.15, 0.2) is 53.9 Å². The number of fused-ring (bicyclic) bond motifs is 1. The van der Waals surface area contributed by atoms with Gasteiger partial charge in [-0.3, -0.25) is 19.3 Å². The van der Waals surface area contributed by atoms with Gasteiger partial charge in [0, 0.05) is 56.6 Å². The Hall–Kier alpha value is -4.01. The quantitative estimate of drug-likeness (QED) is 0.440. The number of nitrogens with zero attached hydrogens (tertiary/aromatic N) is 6. The molecule has 2 aliphatic rings. The molecule has 9 heteroatoms. The van der Waals surface area contributed by atoms with E-state index in [1.165, 1.54) is 18.4 Å². The molecule has 4 aromatic rings. The second-order valence-corrected chi connectivity index (χ2v) is 10.6. The molecule has 0 radical (unpaired) electrons. The van der Waals surface area contributed by atoms with Crippen molar-refractivity contribution in [2.45, 2.75) is 57.4 Å². The highest BCUT2D eigenvalue weighted by atomic mass is 16.2. The van der Waals surface area contributed by atoms with Crippen LogP contribution in [-0.4, -0.2) is 54.1 Å². The van der Waals surface area contributed by atoms with Crippen LogP contribution < -0.4 is 5.62 Å². The number of hydrogen-bond acceptors (Lipinski definition) is 4. The fraction of sp³-hybridized carbons (Fsp3) is 0.414. The molecule has 1 aliphatic heterocycles. The third-order valence-corrected chi connectivity index (χ3v) is 8.07. The van der Waals surface area contributed by atoms with E-state index in [-0.39, 0.29) is 11.8 Å². The van der Waals surface area contributed by atoms with Crippen LogP contribution in [0.4, 0.5) is 0 Å². The van der Waals surface area contributed by atoms with Crippen LogP contribution in [0.2, 0.25) is 0 Å². The van der Waals surface area contributed by atoms with Crippen molar-refractivity contribution >= 4 is 22.8 Å². The molecule has 1 saturated heterocycles. The topological polar surface area (TPSA) is 101 Å². The molecule has 38 heavy (non-hydrogen) atoms.